The molecule has 0 spiro atoms. The summed E-state index contributed by atoms with van der Waals surface area (Å²) < 4.78 is 0. The molecule has 2 unspecified atom stereocenters. The Bertz CT molecular complexity index is 668. The molecule has 0 N–H and O–H groups in total. The lowest BCUT2D eigenvalue weighted by Crippen LogP contribution is -2.33. The van der Waals surface area contributed by atoms with Crippen molar-refractivity contribution >= 4 is 5.82 Å². The third-order valence-corrected chi connectivity index (χ3v) is 4.96. The van der Waals surface area contributed by atoms with Crippen LogP contribution in [0.2, 0.25) is 0 Å². The van der Waals surface area contributed by atoms with Gasteiger partial charge in [0.15, 0.2) is 5.82 Å². The van der Waals surface area contributed by atoms with Gasteiger partial charge in [0.25, 0.3) is 0 Å². The molecule has 0 aromatic carbocycles. The molecule has 2 aliphatic rings. The maximum absolute atomic E-state index is 4.88. The molecule has 0 radical (unpaired) electrons. The van der Waals surface area contributed by atoms with Crippen LogP contribution in [0.5, 0.6) is 0 Å². The molecular formula is C17H20N4. The lowest BCUT2D eigenvalue weighted by atomic mass is 10.1. The smallest absolute Gasteiger partial charge is 0.163 e. The molecule has 4 heteroatoms. The van der Waals surface area contributed by atoms with E-state index in [4.69, 9.17) is 4.98 Å². The first-order valence-corrected chi connectivity index (χ1v) is 7.74. The number of aryl methyl sites for hydroxylation is 1. The van der Waals surface area contributed by atoms with E-state index in [9.17, 15) is 0 Å². The molecule has 1 saturated heterocycles. The molecule has 3 heterocycles. The van der Waals surface area contributed by atoms with E-state index < -0.39 is 0 Å². The van der Waals surface area contributed by atoms with Crippen LogP contribution in [0.4, 0.5) is 5.82 Å². The van der Waals surface area contributed by atoms with Crippen LogP contribution in [-0.4, -0.2) is 27.5 Å². The Kier molecular flexibility index (Phi) is 2.91. The standard InChI is InChI=1S/C17H20N4/c1-11-12(2)19-16(14-4-3-7-18-9-14)20-17(11)21-10-13-5-6-15(21)8-13/h3-4,7,9,13,15H,5-6,8,10H2,1-2H3. The SMILES string of the molecule is Cc1nc(-c2cccnc2)nc(N2CC3CCC2C3)c1C. The van der Waals surface area contributed by atoms with E-state index >= 15 is 0 Å². The van der Waals surface area contributed by atoms with E-state index in [1.807, 2.05) is 18.3 Å². The first-order chi connectivity index (χ1) is 10.2. The molecule has 2 atom stereocenters. The summed E-state index contributed by atoms with van der Waals surface area (Å²) in [5.74, 6) is 2.80. The van der Waals surface area contributed by atoms with Gasteiger partial charge < -0.3 is 4.90 Å². The van der Waals surface area contributed by atoms with Crippen LogP contribution < -0.4 is 4.90 Å². The fourth-order valence-electron chi connectivity index (χ4n) is 3.70. The minimum Gasteiger partial charge on any atom is -0.353 e. The van der Waals surface area contributed by atoms with Gasteiger partial charge in [-0.2, -0.15) is 0 Å². The summed E-state index contributed by atoms with van der Waals surface area (Å²) in [6.07, 6.45) is 7.66. The van der Waals surface area contributed by atoms with E-state index in [2.05, 4.69) is 28.7 Å². The number of rotatable bonds is 2. The van der Waals surface area contributed by atoms with Crippen molar-refractivity contribution in [2.75, 3.05) is 11.4 Å². The molecule has 2 fully saturated rings. The van der Waals surface area contributed by atoms with E-state index in [0.29, 0.717) is 6.04 Å². The highest BCUT2D eigenvalue weighted by Crippen LogP contribution is 2.41. The first kappa shape index (κ1) is 12.7. The zero-order valence-corrected chi connectivity index (χ0v) is 12.6. The van der Waals surface area contributed by atoms with Gasteiger partial charge in [-0.1, -0.05) is 0 Å². The molecule has 2 aromatic rings. The van der Waals surface area contributed by atoms with Crippen molar-refractivity contribution in [3.05, 3.63) is 35.8 Å². The summed E-state index contributed by atoms with van der Waals surface area (Å²) in [4.78, 5) is 16.2. The summed E-state index contributed by atoms with van der Waals surface area (Å²) >= 11 is 0. The number of piperidine rings is 1. The van der Waals surface area contributed by atoms with Crippen molar-refractivity contribution < 1.29 is 0 Å². The highest BCUT2D eigenvalue weighted by Gasteiger charge is 2.39. The molecule has 1 saturated carbocycles. The molecular weight excluding hydrogens is 260 g/mol. The predicted octanol–water partition coefficient (Wildman–Crippen LogP) is 3.14. The van der Waals surface area contributed by atoms with Crippen LogP contribution in [0.15, 0.2) is 24.5 Å². The third kappa shape index (κ3) is 2.09. The van der Waals surface area contributed by atoms with Gasteiger partial charge in [0, 0.05) is 41.8 Å². The van der Waals surface area contributed by atoms with Crippen molar-refractivity contribution in [3.63, 3.8) is 0 Å². The number of aromatic nitrogens is 3. The fourth-order valence-corrected chi connectivity index (χ4v) is 3.70. The Morgan fingerprint density at radius 3 is 2.76 bits per heavy atom. The largest absolute Gasteiger partial charge is 0.353 e. The number of pyridine rings is 1. The van der Waals surface area contributed by atoms with Gasteiger partial charge in [-0.15, -0.1) is 0 Å². The summed E-state index contributed by atoms with van der Waals surface area (Å²) in [6.45, 7) is 5.38. The number of fused-ring (bicyclic) bond motifs is 2. The average Bonchev–Trinajstić information content (AvgIpc) is 3.13. The van der Waals surface area contributed by atoms with Crippen LogP contribution in [0.3, 0.4) is 0 Å². The zero-order chi connectivity index (χ0) is 14.4. The maximum atomic E-state index is 4.88. The highest BCUT2D eigenvalue weighted by molar-refractivity contribution is 5.60. The second-order valence-corrected chi connectivity index (χ2v) is 6.31. The molecule has 2 aromatic heterocycles. The molecule has 0 amide bonds. The normalized spacial score (nSPS) is 23.8. The van der Waals surface area contributed by atoms with Crippen molar-refractivity contribution in [1.29, 1.82) is 0 Å². The van der Waals surface area contributed by atoms with Crippen LogP contribution in [0, 0.1) is 19.8 Å². The number of hydrogen-bond donors (Lipinski definition) is 0. The van der Waals surface area contributed by atoms with Gasteiger partial charge >= 0.3 is 0 Å². The van der Waals surface area contributed by atoms with E-state index in [1.165, 1.54) is 24.8 Å². The van der Waals surface area contributed by atoms with Gasteiger partial charge in [0.2, 0.25) is 0 Å². The zero-order valence-electron chi connectivity index (χ0n) is 12.6. The molecule has 4 nitrogen and oxygen atoms in total. The third-order valence-electron chi connectivity index (χ3n) is 4.96. The second-order valence-electron chi connectivity index (χ2n) is 6.31. The van der Waals surface area contributed by atoms with Crippen molar-refractivity contribution in [1.82, 2.24) is 15.0 Å². The van der Waals surface area contributed by atoms with E-state index in [0.717, 1.165) is 35.4 Å². The minimum absolute atomic E-state index is 0.685. The van der Waals surface area contributed by atoms with E-state index in [1.54, 1.807) is 6.20 Å². The minimum atomic E-state index is 0.685. The van der Waals surface area contributed by atoms with Gasteiger partial charge in [0.1, 0.15) is 5.82 Å². The maximum Gasteiger partial charge on any atom is 0.163 e. The van der Waals surface area contributed by atoms with Crippen LogP contribution in [-0.2, 0) is 0 Å². The molecule has 2 bridgehead atoms. The summed E-state index contributed by atoms with van der Waals surface area (Å²) in [5, 5.41) is 0. The first-order valence-electron chi connectivity index (χ1n) is 7.74. The van der Waals surface area contributed by atoms with Crippen molar-refractivity contribution in [2.24, 2.45) is 5.92 Å². The summed E-state index contributed by atoms with van der Waals surface area (Å²) in [6, 6.07) is 4.65. The van der Waals surface area contributed by atoms with Crippen LogP contribution >= 0.6 is 0 Å². The average molecular weight is 280 g/mol. The molecule has 108 valence electrons. The molecule has 1 aliphatic carbocycles. The van der Waals surface area contributed by atoms with Gasteiger partial charge in [0.05, 0.1) is 0 Å². The van der Waals surface area contributed by atoms with E-state index in [-0.39, 0.29) is 0 Å². The van der Waals surface area contributed by atoms with Crippen LogP contribution in [0.1, 0.15) is 30.5 Å². The summed E-state index contributed by atoms with van der Waals surface area (Å²) in [7, 11) is 0. The van der Waals surface area contributed by atoms with Gasteiger partial charge in [-0.3, -0.25) is 4.98 Å². The van der Waals surface area contributed by atoms with Gasteiger partial charge in [-0.05, 0) is 51.2 Å². The van der Waals surface area contributed by atoms with Crippen molar-refractivity contribution in [2.45, 2.75) is 39.2 Å². The molecule has 1 aliphatic heterocycles. The monoisotopic (exact) mass is 280 g/mol. The Labute approximate surface area is 125 Å². The van der Waals surface area contributed by atoms with Crippen LogP contribution in [0.25, 0.3) is 11.4 Å². The number of hydrogen-bond acceptors (Lipinski definition) is 4. The number of anilines is 1. The Balaban J connectivity index is 1.78. The molecule has 4 rings (SSSR count). The Hall–Kier alpha value is -1.97. The number of nitrogens with zero attached hydrogens (tertiary/aromatic N) is 4. The van der Waals surface area contributed by atoms with Gasteiger partial charge in [-0.25, -0.2) is 9.97 Å². The Morgan fingerprint density at radius 2 is 2.10 bits per heavy atom. The lowest BCUT2D eigenvalue weighted by molar-refractivity contribution is 0.549. The van der Waals surface area contributed by atoms with Crippen molar-refractivity contribution in [3.8, 4) is 11.4 Å². The lowest BCUT2D eigenvalue weighted by Gasteiger charge is -2.30. The highest BCUT2D eigenvalue weighted by atomic mass is 15.3. The predicted molar refractivity (Wildman–Crippen MR) is 83.2 cm³/mol. The Morgan fingerprint density at radius 1 is 1.19 bits per heavy atom. The second kappa shape index (κ2) is 4.79. The molecule has 21 heavy (non-hydrogen) atoms. The topological polar surface area (TPSA) is 41.9 Å². The quantitative estimate of drug-likeness (QED) is 0.847. The fraction of sp³-hybridized carbons (Fsp3) is 0.471. The summed E-state index contributed by atoms with van der Waals surface area (Å²) in [5.41, 5.74) is 3.28.